The van der Waals surface area contributed by atoms with Gasteiger partial charge in [0.2, 0.25) is 5.95 Å². The summed E-state index contributed by atoms with van der Waals surface area (Å²) in [6, 6.07) is 7.81. The molecule has 0 saturated heterocycles. The van der Waals surface area contributed by atoms with Crippen LogP contribution in [0.25, 0.3) is 10.2 Å². The summed E-state index contributed by atoms with van der Waals surface area (Å²) in [5, 5.41) is 3.82. The second-order valence-corrected chi connectivity index (χ2v) is 4.95. The number of benzene rings is 1. The van der Waals surface area contributed by atoms with Gasteiger partial charge in [0.15, 0.2) is 5.13 Å². The fourth-order valence-corrected chi connectivity index (χ4v) is 2.57. The van der Waals surface area contributed by atoms with Crippen LogP contribution in [0.4, 0.5) is 16.9 Å². The van der Waals surface area contributed by atoms with Gasteiger partial charge in [0.05, 0.1) is 10.2 Å². The van der Waals surface area contributed by atoms with Gasteiger partial charge in [0.1, 0.15) is 5.82 Å². The number of nitrogens with one attached hydrogen (secondary N) is 1. The molecule has 0 bridgehead atoms. The Morgan fingerprint density at radius 3 is 2.94 bits per heavy atom. The minimum absolute atomic E-state index is 0.435. The average Bonchev–Trinajstić information content (AvgIpc) is 2.70. The molecule has 6 heteroatoms. The van der Waals surface area contributed by atoms with E-state index < -0.39 is 0 Å². The summed E-state index contributed by atoms with van der Waals surface area (Å²) in [5.74, 6) is 0.898. The smallest absolute Gasteiger partial charge is 0.230 e. The summed E-state index contributed by atoms with van der Waals surface area (Å²) in [4.78, 5) is 12.6. The third-order valence-corrected chi connectivity index (χ3v) is 3.37. The minimum atomic E-state index is 0.435. The lowest BCUT2D eigenvalue weighted by atomic mass is 10.2. The van der Waals surface area contributed by atoms with Gasteiger partial charge in [-0.05, 0) is 30.7 Å². The van der Waals surface area contributed by atoms with Crippen molar-refractivity contribution in [3.8, 4) is 0 Å². The number of aromatic nitrogens is 3. The van der Waals surface area contributed by atoms with E-state index in [4.69, 9.17) is 5.73 Å². The van der Waals surface area contributed by atoms with Gasteiger partial charge in [0, 0.05) is 6.20 Å². The number of fused-ring (bicyclic) bond motifs is 1. The second-order valence-electron chi connectivity index (χ2n) is 3.92. The van der Waals surface area contributed by atoms with Crippen molar-refractivity contribution in [3.05, 3.63) is 36.0 Å². The van der Waals surface area contributed by atoms with Crippen LogP contribution in [0.1, 0.15) is 5.56 Å². The zero-order valence-corrected chi connectivity index (χ0v) is 10.5. The molecule has 0 fully saturated rings. The molecule has 3 N–H and O–H groups in total. The number of hydrogen-bond acceptors (Lipinski definition) is 6. The van der Waals surface area contributed by atoms with Crippen LogP contribution in [0.3, 0.4) is 0 Å². The number of aryl methyl sites for hydroxylation is 1. The Bertz CT molecular complexity index is 707. The standard InChI is InChI=1S/C12H11N5S/c1-7-2-3-8-9(6-7)18-12(15-8)17-11-14-5-4-10(13)16-11/h2-6H,1H3,(H3,13,14,15,16,17). The molecule has 0 spiro atoms. The van der Waals surface area contributed by atoms with Crippen molar-refractivity contribution in [2.75, 3.05) is 11.1 Å². The van der Waals surface area contributed by atoms with Gasteiger partial charge in [-0.1, -0.05) is 17.4 Å². The van der Waals surface area contributed by atoms with Crippen molar-refractivity contribution >= 4 is 38.5 Å². The van der Waals surface area contributed by atoms with Crippen LogP contribution in [-0.2, 0) is 0 Å². The molecule has 1 aromatic carbocycles. The summed E-state index contributed by atoms with van der Waals surface area (Å²) >= 11 is 1.57. The summed E-state index contributed by atoms with van der Waals surface area (Å²) in [6.07, 6.45) is 1.61. The van der Waals surface area contributed by atoms with Gasteiger partial charge in [-0.25, -0.2) is 9.97 Å². The Labute approximate surface area is 108 Å². The van der Waals surface area contributed by atoms with Crippen molar-refractivity contribution in [1.82, 2.24) is 15.0 Å². The Balaban J connectivity index is 1.95. The number of anilines is 3. The lowest BCUT2D eigenvalue weighted by molar-refractivity contribution is 1.17. The maximum absolute atomic E-state index is 5.60. The summed E-state index contributed by atoms with van der Waals surface area (Å²) in [5.41, 5.74) is 7.79. The van der Waals surface area contributed by atoms with Crippen LogP contribution in [0, 0.1) is 6.92 Å². The Hall–Kier alpha value is -2.21. The normalized spacial score (nSPS) is 10.7. The molecule has 5 nitrogen and oxygen atoms in total. The van der Waals surface area contributed by atoms with Gasteiger partial charge in [-0.3, -0.25) is 5.32 Å². The molecule has 0 saturated carbocycles. The molecule has 0 aliphatic carbocycles. The topological polar surface area (TPSA) is 76.7 Å². The van der Waals surface area contributed by atoms with Gasteiger partial charge < -0.3 is 5.73 Å². The van der Waals surface area contributed by atoms with Crippen molar-refractivity contribution in [1.29, 1.82) is 0 Å². The quantitative estimate of drug-likeness (QED) is 0.738. The number of nitrogens with zero attached hydrogens (tertiary/aromatic N) is 3. The van der Waals surface area contributed by atoms with E-state index in [0.29, 0.717) is 11.8 Å². The Kier molecular flexibility index (Phi) is 2.56. The van der Waals surface area contributed by atoms with Crippen molar-refractivity contribution < 1.29 is 0 Å². The van der Waals surface area contributed by atoms with Crippen LogP contribution >= 0.6 is 11.3 Å². The van der Waals surface area contributed by atoms with Crippen LogP contribution in [0.2, 0.25) is 0 Å². The van der Waals surface area contributed by atoms with Crippen molar-refractivity contribution in [2.45, 2.75) is 6.92 Å². The molecule has 90 valence electrons. The molecule has 3 rings (SSSR count). The van der Waals surface area contributed by atoms with E-state index in [1.807, 2.05) is 12.1 Å². The minimum Gasteiger partial charge on any atom is -0.384 e. The van der Waals surface area contributed by atoms with E-state index in [9.17, 15) is 0 Å². The number of nitrogens with two attached hydrogens (primary N) is 1. The molecular formula is C12H11N5S. The number of rotatable bonds is 2. The highest BCUT2D eigenvalue weighted by molar-refractivity contribution is 7.22. The van der Waals surface area contributed by atoms with Gasteiger partial charge in [0.25, 0.3) is 0 Å². The maximum Gasteiger partial charge on any atom is 0.230 e. The first kappa shape index (κ1) is 10.9. The summed E-state index contributed by atoms with van der Waals surface area (Å²) < 4.78 is 1.14. The van der Waals surface area contributed by atoms with E-state index in [1.165, 1.54) is 5.56 Å². The SMILES string of the molecule is Cc1ccc2nc(Nc3nccc(N)n3)sc2c1. The molecule has 0 radical (unpaired) electrons. The predicted molar refractivity (Wildman–Crippen MR) is 74.1 cm³/mol. The Morgan fingerprint density at radius 1 is 1.22 bits per heavy atom. The average molecular weight is 257 g/mol. The van der Waals surface area contributed by atoms with Crippen molar-refractivity contribution in [3.63, 3.8) is 0 Å². The first-order valence-electron chi connectivity index (χ1n) is 5.43. The highest BCUT2D eigenvalue weighted by Crippen LogP contribution is 2.28. The maximum atomic E-state index is 5.60. The molecule has 0 unspecified atom stereocenters. The van der Waals surface area contributed by atoms with E-state index in [2.05, 4.69) is 33.3 Å². The summed E-state index contributed by atoms with van der Waals surface area (Å²) in [7, 11) is 0. The number of nitrogen functional groups attached to an aromatic ring is 1. The van der Waals surface area contributed by atoms with Gasteiger partial charge in [-0.2, -0.15) is 4.98 Å². The number of hydrogen-bond donors (Lipinski definition) is 2. The summed E-state index contributed by atoms with van der Waals surface area (Å²) in [6.45, 7) is 2.06. The first-order chi connectivity index (χ1) is 8.70. The second kappa shape index (κ2) is 4.23. The van der Waals surface area contributed by atoms with Crippen molar-refractivity contribution in [2.24, 2.45) is 0 Å². The lowest BCUT2D eigenvalue weighted by Crippen LogP contribution is -1.98. The molecular weight excluding hydrogens is 246 g/mol. The molecule has 0 aliphatic heterocycles. The third kappa shape index (κ3) is 2.10. The predicted octanol–water partition coefficient (Wildman–Crippen LogP) is 2.72. The van der Waals surface area contributed by atoms with E-state index in [1.54, 1.807) is 23.6 Å². The molecule has 0 amide bonds. The van der Waals surface area contributed by atoms with Gasteiger partial charge in [-0.15, -0.1) is 0 Å². The Morgan fingerprint density at radius 2 is 2.11 bits per heavy atom. The molecule has 3 aromatic rings. The molecule has 18 heavy (non-hydrogen) atoms. The van der Waals surface area contributed by atoms with E-state index >= 15 is 0 Å². The first-order valence-corrected chi connectivity index (χ1v) is 6.25. The lowest BCUT2D eigenvalue weighted by Gasteiger charge is -1.99. The highest BCUT2D eigenvalue weighted by Gasteiger charge is 2.05. The monoisotopic (exact) mass is 257 g/mol. The molecule has 0 aliphatic rings. The number of thiazole rings is 1. The molecule has 2 aromatic heterocycles. The van der Waals surface area contributed by atoms with Crippen LogP contribution in [0.15, 0.2) is 30.5 Å². The fraction of sp³-hybridized carbons (Fsp3) is 0.0833. The molecule has 2 heterocycles. The van der Waals surface area contributed by atoms with Crippen LogP contribution < -0.4 is 11.1 Å². The van der Waals surface area contributed by atoms with E-state index in [0.717, 1.165) is 15.3 Å². The van der Waals surface area contributed by atoms with Crippen LogP contribution in [0.5, 0.6) is 0 Å². The zero-order valence-electron chi connectivity index (χ0n) is 9.71. The fourth-order valence-electron chi connectivity index (χ4n) is 1.61. The van der Waals surface area contributed by atoms with Gasteiger partial charge >= 0.3 is 0 Å². The third-order valence-electron chi connectivity index (χ3n) is 2.44. The van der Waals surface area contributed by atoms with Crippen LogP contribution in [-0.4, -0.2) is 15.0 Å². The zero-order chi connectivity index (χ0) is 12.5. The van der Waals surface area contributed by atoms with E-state index in [-0.39, 0.29) is 0 Å². The largest absolute Gasteiger partial charge is 0.384 e. The molecule has 0 atom stereocenters. The highest BCUT2D eigenvalue weighted by atomic mass is 32.1.